The smallest absolute Gasteiger partial charge is 0.255 e. The Balaban J connectivity index is 0.000000275. The van der Waals surface area contributed by atoms with Crippen LogP contribution in [0.15, 0.2) is 317 Å². The zero-order valence-electron chi connectivity index (χ0n) is 79.2. The van der Waals surface area contributed by atoms with Crippen LogP contribution >= 0.6 is 83.9 Å². The summed E-state index contributed by atoms with van der Waals surface area (Å²) in [6.07, 6.45) is 42.1. The van der Waals surface area contributed by atoms with Crippen molar-refractivity contribution in [1.29, 1.82) is 0 Å². The quantitative estimate of drug-likeness (QED) is 0.0123. The van der Waals surface area contributed by atoms with Crippen molar-refractivity contribution < 1.29 is 71.0 Å². The Morgan fingerprint density at radius 2 is 0.439 bits per heavy atom. The minimum atomic E-state index is -3.72. The van der Waals surface area contributed by atoms with E-state index in [1.807, 2.05) is 148 Å². The highest BCUT2D eigenvalue weighted by atomic mass is 35.5. The number of rotatable bonds is 36. The summed E-state index contributed by atoms with van der Waals surface area (Å²) in [5.74, 6) is 3.30. The molecule has 0 amide bonds. The van der Waals surface area contributed by atoms with Crippen LogP contribution in [0.2, 0.25) is 0 Å². The molecule has 0 N–H and O–H groups in total. The third-order valence-electron chi connectivity index (χ3n) is 21.3. The van der Waals surface area contributed by atoms with Gasteiger partial charge in [-0.2, -0.15) is 0 Å². The van der Waals surface area contributed by atoms with Gasteiger partial charge in [0.1, 0.15) is 35.2 Å². The summed E-state index contributed by atoms with van der Waals surface area (Å²) < 4.78 is 31.7. The SMILES string of the molecule is C.CN(CCCl)c1ccc(/C=C/c2cc[n+](C)cc2)cc1.CN(CCSC(=O)c1ccc(C(=O)SCCN(C)c2ccc(/C=C/c3cc[n+](C)cc3)cc2)cc1)c1ccc(/C=C/c2cc[n+](C)cc2)cc1.CN(CCSC(=O)c1ccc(C(=O)SCCN(C)c2ccc(/C=C/c3cc[n+](C)cc3)cc2)cc1)c1ccc(/C=C/c2cc[n+](C)cc2)cc1.CS(=O)(=O)O[O-].O=C(S)c1ccc(C(=O)S)cc1.[2HH]. The zero-order chi connectivity index (χ0) is 99.3. The minimum Gasteiger partial charge on any atom is -0.707 e. The lowest BCUT2D eigenvalue weighted by Gasteiger charge is -2.19. The van der Waals surface area contributed by atoms with Crippen LogP contribution in [0.5, 0.6) is 0 Å². The molecule has 0 spiro atoms. The number of nitrogens with zero attached hydrogens (tertiary/aromatic N) is 10. The minimum absolute atomic E-state index is 0. The van der Waals surface area contributed by atoms with Crippen molar-refractivity contribution in [1.82, 2.24) is 0 Å². The van der Waals surface area contributed by atoms with Gasteiger partial charge >= 0.3 is 0 Å². The molecule has 722 valence electrons. The van der Waals surface area contributed by atoms with Gasteiger partial charge in [0.2, 0.25) is 30.7 Å². The van der Waals surface area contributed by atoms with Crippen molar-refractivity contribution in [3.63, 3.8) is 0 Å². The lowest BCUT2D eigenvalue weighted by Crippen LogP contribution is -2.25. The van der Waals surface area contributed by atoms with Gasteiger partial charge in [0.25, 0.3) is 10.1 Å². The lowest BCUT2D eigenvalue weighted by molar-refractivity contribution is -0.671. The molecule has 13 aromatic rings. The first-order valence-electron chi connectivity index (χ1n) is 44.1. The standard InChI is InChI=1S/2C42H44N4O2S2.C17H20ClN2.C8H6O2S2.CH4O4S.CH4.H2/c2*1-43-25-21-35(22-26-43)7-5-33-9-17-39(18-10-33)45(3)29-31-49-41(47)37-13-15-38(16-14-37)42(48)50-32-30-46(4)40-19-11-34(12-20-40)6-8-36-23-27-44(2)28-24-36;1-19-12-9-16(10-13-19)4-3-15-5-7-17(8-6-15)20(2)14-11-18;9-7(11)5-1-2-6(4-3-5)8(10)12;1-6(3,4)5-2;;/h2*5-28H,29-32H2,1-4H3;3-10,12-13H,11,14H2,1-2H3;1-4H,(H,9,11)(H,10,12);2H,1H3;1H4;1H/q2*+2;+1;;;;/p-1/i;;;;;;1+1. The largest absolute Gasteiger partial charge is 0.707 e. The Hall–Kier alpha value is -12.5. The van der Waals surface area contributed by atoms with Crippen molar-refractivity contribution in [2.24, 2.45) is 35.2 Å². The summed E-state index contributed by atoms with van der Waals surface area (Å²) >= 11 is 18.2. The molecular formula is C111H123ClN10O10S7+4. The van der Waals surface area contributed by atoms with Gasteiger partial charge in [-0.15, -0.1) is 36.9 Å². The predicted octanol–water partition coefficient (Wildman–Crippen LogP) is 19.7. The second-order valence-electron chi connectivity index (χ2n) is 32.1. The maximum absolute atomic E-state index is 12.8. The van der Waals surface area contributed by atoms with Crippen LogP contribution in [0, 0.1) is 0 Å². The molecule has 20 nitrogen and oxygen atoms in total. The number of carbonyl (C=O) groups is 6. The number of benzene rings is 8. The van der Waals surface area contributed by atoms with Gasteiger partial charge < -0.3 is 34.1 Å². The second-order valence-corrected chi connectivity index (χ2v) is 39.1. The normalized spacial score (nSPS) is 11.0. The molecule has 13 rings (SSSR count). The zero-order valence-corrected chi connectivity index (χ0v) is 85.9. The van der Waals surface area contributed by atoms with Gasteiger partial charge in [-0.3, -0.25) is 28.8 Å². The van der Waals surface area contributed by atoms with Crippen molar-refractivity contribution in [3.05, 3.63) is 406 Å². The maximum Gasteiger partial charge on any atom is 0.255 e. The number of thioether (sulfide) groups is 4. The van der Waals surface area contributed by atoms with E-state index >= 15 is 0 Å². The third-order valence-corrected chi connectivity index (χ3v) is 25.8. The number of anilines is 5. The van der Waals surface area contributed by atoms with Crippen molar-refractivity contribution in [2.45, 2.75) is 7.43 Å². The lowest BCUT2D eigenvalue weighted by atomic mass is 10.1. The van der Waals surface area contributed by atoms with Gasteiger partial charge in [-0.05, 0) is 189 Å². The topological polar surface area (TPSA) is 204 Å². The Bertz CT molecular complexity index is 5740. The first kappa shape index (κ1) is 112. The average Bonchev–Trinajstić information content (AvgIpc) is 0.815. The molecule has 28 heteroatoms. The van der Waals surface area contributed by atoms with E-state index in [9.17, 15) is 37.2 Å². The van der Waals surface area contributed by atoms with Gasteiger partial charge in [0.05, 0.1) is 6.26 Å². The summed E-state index contributed by atoms with van der Waals surface area (Å²) in [7, 11) is 16.5. The van der Waals surface area contributed by atoms with Crippen LogP contribution in [0.4, 0.5) is 28.4 Å². The van der Waals surface area contributed by atoms with Gasteiger partial charge in [0.15, 0.2) is 62.0 Å². The Morgan fingerprint density at radius 1 is 0.295 bits per heavy atom. The Kier molecular flexibility index (Phi) is 47.5. The molecule has 5 heterocycles. The summed E-state index contributed by atoms with van der Waals surface area (Å²) in [5.41, 5.74) is 20.6. The number of pyridine rings is 5. The second kappa shape index (κ2) is 59.0. The number of thiol groups is 2. The van der Waals surface area contributed by atoms with Gasteiger partial charge in [-0.25, -0.2) is 31.3 Å². The van der Waals surface area contributed by atoms with Gasteiger partial charge in [0, 0.05) is 221 Å². The Labute approximate surface area is 854 Å². The number of hydrogen-bond donors (Lipinski definition) is 2. The van der Waals surface area contributed by atoms with Gasteiger partial charge in [-0.1, -0.05) is 176 Å². The molecule has 8 aromatic carbocycles. The van der Waals surface area contributed by atoms with E-state index in [-0.39, 0.29) is 39.5 Å². The van der Waals surface area contributed by atoms with Crippen molar-refractivity contribution in [3.8, 4) is 0 Å². The molecule has 0 saturated carbocycles. The number of aromatic nitrogens is 5. The monoisotopic (exact) mass is 2020 g/mol. The fourth-order valence-corrected chi connectivity index (χ4v) is 16.7. The summed E-state index contributed by atoms with van der Waals surface area (Å²) in [5, 5.41) is 8.29. The molecule has 0 saturated heterocycles. The fraction of sp³-hybridized carbons (Fsp3) is 0.198. The van der Waals surface area contributed by atoms with E-state index in [4.69, 9.17) is 16.9 Å². The van der Waals surface area contributed by atoms with Crippen LogP contribution in [-0.4, -0.2) is 142 Å². The molecule has 0 atom stereocenters. The molecular weight excluding hydrogens is 1890 g/mol. The molecule has 0 radical (unpaired) electrons. The predicted molar refractivity (Wildman–Crippen MR) is 590 cm³/mol. The number of hydrogen-bond acceptors (Lipinski definition) is 19. The number of carbonyl (C=O) groups excluding carboxylic acids is 6. The summed E-state index contributed by atoms with van der Waals surface area (Å²) in [6.45, 7) is 3.81. The molecule has 0 fully saturated rings. The van der Waals surface area contributed by atoms with E-state index in [0.717, 1.165) is 100.0 Å². The fourth-order valence-electron chi connectivity index (χ4n) is 12.7. The van der Waals surface area contributed by atoms with Crippen LogP contribution in [0.25, 0.3) is 60.8 Å². The van der Waals surface area contributed by atoms with E-state index < -0.39 is 10.1 Å². The first-order chi connectivity index (χ1) is 66.3. The number of aryl methyl sites for hydroxylation is 5. The average molecular weight is 2020 g/mol. The molecule has 139 heavy (non-hydrogen) atoms. The van der Waals surface area contributed by atoms with Crippen LogP contribution in [0.1, 0.15) is 127 Å². The number of halogens is 1. The highest BCUT2D eigenvalue weighted by molar-refractivity contribution is 8.15. The first-order valence-corrected chi connectivity index (χ1v) is 51.3. The summed E-state index contributed by atoms with van der Waals surface area (Å²) in [4.78, 5) is 83.5. The Morgan fingerprint density at radius 3 is 0.583 bits per heavy atom. The molecule has 0 aliphatic rings. The molecule has 0 aliphatic carbocycles. The van der Waals surface area contributed by atoms with Crippen LogP contribution in [0.3, 0.4) is 0 Å². The molecule has 0 aliphatic heterocycles. The van der Waals surface area contributed by atoms with E-state index in [2.05, 4.69) is 304 Å². The highest BCUT2D eigenvalue weighted by Crippen LogP contribution is 2.27. The highest BCUT2D eigenvalue weighted by Gasteiger charge is 2.17. The van der Waals surface area contributed by atoms with E-state index in [1.165, 1.54) is 63.9 Å². The van der Waals surface area contributed by atoms with Crippen molar-refractivity contribution >= 4 is 214 Å². The molecule has 0 bridgehead atoms. The molecule has 0 unspecified atom stereocenters. The molecule has 5 aromatic heterocycles. The van der Waals surface area contributed by atoms with Crippen molar-refractivity contribution in [2.75, 3.05) is 128 Å². The maximum atomic E-state index is 12.8. The van der Waals surface area contributed by atoms with Crippen LogP contribution < -0.4 is 52.6 Å². The van der Waals surface area contributed by atoms with E-state index in [1.54, 1.807) is 72.8 Å². The summed E-state index contributed by atoms with van der Waals surface area (Å²) in [6, 6.07) is 83.2. The van der Waals surface area contributed by atoms with E-state index in [0.29, 0.717) is 68.5 Å². The van der Waals surface area contributed by atoms with Crippen LogP contribution in [-0.2, 0) is 49.7 Å². The third kappa shape index (κ3) is 40.8. The number of alkyl halides is 1.